The number of fused-ring (bicyclic) bond motifs is 1. The minimum absolute atomic E-state index is 0.111. The molecule has 4 atom stereocenters. The van der Waals surface area contributed by atoms with Crippen molar-refractivity contribution in [1.29, 1.82) is 0 Å². The molecule has 0 aliphatic heterocycles. The highest BCUT2D eigenvalue weighted by Gasteiger charge is 2.31. The van der Waals surface area contributed by atoms with E-state index in [1.165, 1.54) is 11.8 Å². The summed E-state index contributed by atoms with van der Waals surface area (Å²) in [5, 5.41) is 26.4. The van der Waals surface area contributed by atoms with Gasteiger partial charge in [-0.2, -0.15) is 24.4 Å². The first-order valence-electron chi connectivity index (χ1n) is 11.3. The molecule has 0 radical (unpaired) electrons. The fourth-order valence-corrected chi connectivity index (χ4v) is 4.25. The van der Waals surface area contributed by atoms with Crippen molar-refractivity contribution in [2.75, 3.05) is 17.8 Å². The highest BCUT2D eigenvalue weighted by atomic mass is 32.2. The highest BCUT2D eigenvalue weighted by Crippen LogP contribution is 2.18. The van der Waals surface area contributed by atoms with E-state index in [9.17, 15) is 34.2 Å². The molecule has 0 fully saturated rings. The molecular formula is C23H31N5O7S2. The lowest BCUT2D eigenvalue weighted by molar-refractivity contribution is -0.143. The van der Waals surface area contributed by atoms with Crippen LogP contribution in [0.4, 0.5) is 0 Å². The number of hydrogen-bond donors (Lipinski definition) is 8. The molecule has 0 saturated heterocycles. The summed E-state index contributed by atoms with van der Waals surface area (Å²) in [5.41, 5.74) is 7.76. The predicted octanol–water partition coefficient (Wildman–Crippen LogP) is -0.266. The molecular weight excluding hydrogens is 522 g/mol. The number of aromatic nitrogens is 1. The molecule has 202 valence electrons. The molecule has 8 N–H and O–H groups in total. The lowest BCUT2D eigenvalue weighted by atomic mass is 10.0. The zero-order valence-electron chi connectivity index (χ0n) is 20.1. The van der Waals surface area contributed by atoms with E-state index in [2.05, 4.69) is 33.6 Å². The van der Waals surface area contributed by atoms with Crippen molar-refractivity contribution in [3.63, 3.8) is 0 Å². The molecule has 37 heavy (non-hydrogen) atoms. The van der Waals surface area contributed by atoms with Crippen molar-refractivity contribution >= 4 is 65.0 Å². The number of thioether (sulfide) groups is 1. The molecule has 2 aromatic rings. The second-order valence-corrected chi connectivity index (χ2v) is 9.60. The molecule has 0 spiro atoms. The van der Waals surface area contributed by atoms with E-state index in [-0.39, 0.29) is 18.6 Å². The van der Waals surface area contributed by atoms with Crippen LogP contribution in [0.2, 0.25) is 0 Å². The Kier molecular flexibility index (Phi) is 11.8. The number of aromatic amines is 1. The van der Waals surface area contributed by atoms with Gasteiger partial charge in [0, 0.05) is 22.9 Å². The van der Waals surface area contributed by atoms with Gasteiger partial charge in [-0.25, -0.2) is 4.79 Å². The number of aliphatic carboxylic acids is 2. The number of thiol groups is 1. The first-order valence-corrected chi connectivity index (χ1v) is 13.4. The van der Waals surface area contributed by atoms with E-state index in [0.29, 0.717) is 5.75 Å². The van der Waals surface area contributed by atoms with Crippen LogP contribution in [0, 0.1) is 0 Å². The van der Waals surface area contributed by atoms with Crippen LogP contribution >= 0.6 is 24.4 Å². The van der Waals surface area contributed by atoms with Crippen molar-refractivity contribution in [3.05, 3.63) is 36.0 Å². The Hall–Kier alpha value is -3.23. The number of nitrogens with one attached hydrogen (secondary N) is 4. The third-order valence-electron chi connectivity index (χ3n) is 5.50. The third kappa shape index (κ3) is 8.98. The SMILES string of the molecule is CSCCC(NC(=O)C(CC(=O)O)NC(=O)C(CS)NC(=O)C(N)Cc1c[nH]c2ccccc12)C(=O)O. The van der Waals surface area contributed by atoms with E-state index >= 15 is 0 Å². The number of para-hydroxylation sites is 1. The standard InChI is InChI=1S/C23H31N5O7S2/c1-37-7-6-16(23(34)35)26-21(32)17(9-19(29)30)27-22(33)18(11-36)28-20(31)14(24)8-12-10-25-15-5-3-2-4-13(12)15/h2-5,10,14,16-18,25,36H,6-9,11,24H2,1H3,(H,26,32)(H,27,33)(H,28,31)(H,29,30)(H,34,35). The van der Waals surface area contributed by atoms with Crippen LogP contribution in [0.5, 0.6) is 0 Å². The van der Waals surface area contributed by atoms with Crippen molar-refractivity contribution in [2.24, 2.45) is 5.73 Å². The Morgan fingerprint density at radius 2 is 1.62 bits per heavy atom. The van der Waals surface area contributed by atoms with E-state index in [0.717, 1.165) is 16.5 Å². The molecule has 3 amide bonds. The molecule has 4 unspecified atom stereocenters. The Bertz CT molecular complexity index is 1130. The summed E-state index contributed by atoms with van der Waals surface area (Å²) in [5.74, 6) is -4.85. The van der Waals surface area contributed by atoms with Crippen LogP contribution < -0.4 is 21.7 Å². The Morgan fingerprint density at radius 1 is 1.00 bits per heavy atom. The summed E-state index contributed by atoms with van der Waals surface area (Å²) in [6.07, 6.45) is 3.03. The van der Waals surface area contributed by atoms with Gasteiger partial charge >= 0.3 is 11.9 Å². The number of benzene rings is 1. The van der Waals surface area contributed by atoms with Gasteiger partial charge in [-0.15, -0.1) is 0 Å². The summed E-state index contributed by atoms with van der Waals surface area (Å²) in [7, 11) is 0. The van der Waals surface area contributed by atoms with Crippen LogP contribution in [0.25, 0.3) is 10.9 Å². The maximum Gasteiger partial charge on any atom is 0.326 e. The predicted molar refractivity (Wildman–Crippen MR) is 143 cm³/mol. The third-order valence-corrected chi connectivity index (χ3v) is 6.51. The van der Waals surface area contributed by atoms with E-state index in [1.54, 1.807) is 12.5 Å². The van der Waals surface area contributed by atoms with Gasteiger partial charge < -0.3 is 36.9 Å². The summed E-state index contributed by atoms with van der Waals surface area (Å²) in [6, 6.07) is 2.46. The normalized spacial score (nSPS) is 14.2. The minimum atomic E-state index is -1.57. The second kappa shape index (κ2) is 14.5. The minimum Gasteiger partial charge on any atom is -0.481 e. The number of rotatable bonds is 15. The lowest BCUT2D eigenvalue weighted by Gasteiger charge is -2.23. The van der Waals surface area contributed by atoms with Crippen LogP contribution in [0.15, 0.2) is 30.5 Å². The largest absolute Gasteiger partial charge is 0.481 e. The van der Waals surface area contributed by atoms with E-state index < -0.39 is 60.2 Å². The number of carboxylic acid groups (broad SMARTS) is 2. The summed E-state index contributed by atoms with van der Waals surface area (Å²) >= 11 is 5.46. The lowest BCUT2D eigenvalue weighted by Crippen LogP contribution is -2.58. The second-order valence-electron chi connectivity index (χ2n) is 8.25. The number of carbonyl (C=O) groups excluding carboxylic acids is 3. The van der Waals surface area contributed by atoms with Crippen LogP contribution in [-0.4, -0.2) is 86.8 Å². The van der Waals surface area contributed by atoms with Gasteiger partial charge in [0.05, 0.1) is 12.5 Å². The number of amides is 3. The zero-order valence-corrected chi connectivity index (χ0v) is 21.8. The average Bonchev–Trinajstić information content (AvgIpc) is 3.26. The Labute approximate surface area is 222 Å². The number of carboxylic acids is 2. The van der Waals surface area contributed by atoms with Gasteiger partial charge in [0.15, 0.2) is 0 Å². The van der Waals surface area contributed by atoms with Crippen LogP contribution in [-0.2, 0) is 30.4 Å². The van der Waals surface area contributed by atoms with Crippen molar-refractivity contribution in [1.82, 2.24) is 20.9 Å². The van der Waals surface area contributed by atoms with Gasteiger partial charge in [-0.3, -0.25) is 19.2 Å². The average molecular weight is 554 g/mol. The molecule has 0 saturated carbocycles. The smallest absolute Gasteiger partial charge is 0.326 e. The van der Waals surface area contributed by atoms with Crippen molar-refractivity contribution in [3.8, 4) is 0 Å². The zero-order chi connectivity index (χ0) is 27.5. The number of nitrogens with two attached hydrogens (primary N) is 1. The number of carbonyl (C=O) groups is 5. The molecule has 1 aromatic heterocycles. The van der Waals surface area contributed by atoms with Gasteiger partial charge in [-0.1, -0.05) is 18.2 Å². The van der Waals surface area contributed by atoms with Gasteiger partial charge in [0.1, 0.15) is 18.1 Å². The van der Waals surface area contributed by atoms with Crippen molar-refractivity contribution < 1.29 is 34.2 Å². The van der Waals surface area contributed by atoms with E-state index in [4.69, 9.17) is 5.73 Å². The molecule has 0 aliphatic carbocycles. The Balaban J connectivity index is 2.04. The molecule has 0 aliphatic rings. The van der Waals surface area contributed by atoms with Gasteiger partial charge in [-0.05, 0) is 36.5 Å². The fourth-order valence-electron chi connectivity index (χ4n) is 3.52. The van der Waals surface area contributed by atoms with Gasteiger partial charge in [0.25, 0.3) is 0 Å². The van der Waals surface area contributed by atoms with E-state index in [1.807, 2.05) is 24.3 Å². The topological polar surface area (TPSA) is 204 Å². The van der Waals surface area contributed by atoms with Crippen LogP contribution in [0.1, 0.15) is 18.4 Å². The maximum absolute atomic E-state index is 12.8. The fraction of sp³-hybridized carbons (Fsp3) is 0.435. The summed E-state index contributed by atoms with van der Waals surface area (Å²) in [6.45, 7) is 0. The quantitative estimate of drug-likeness (QED) is 0.137. The maximum atomic E-state index is 12.8. The molecule has 0 bridgehead atoms. The summed E-state index contributed by atoms with van der Waals surface area (Å²) < 4.78 is 0. The number of H-pyrrole nitrogens is 1. The molecule has 1 aromatic carbocycles. The van der Waals surface area contributed by atoms with Gasteiger partial charge in [0.2, 0.25) is 17.7 Å². The number of hydrogen-bond acceptors (Lipinski definition) is 8. The monoisotopic (exact) mass is 553 g/mol. The van der Waals surface area contributed by atoms with Crippen molar-refractivity contribution in [2.45, 2.75) is 43.4 Å². The molecule has 12 nitrogen and oxygen atoms in total. The molecule has 1 heterocycles. The first kappa shape index (κ1) is 30.0. The highest BCUT2D eigenvalue weighted by molar-refractivity contribution is 7.98. The Morgan fingerprint density at radius 3 is 2.24 bits per heavy atom. The molecule has 2 rings (SSSR count). The van der Waals surface area contributed by atoms with Crippen LogP contribution in [0.3, 0.4) is 0 Å². The molecule has 14 heteroatoms. The first-order chi connectivity index (χ1) is 17.6. The summed E-state index contributed by atoms with van der Waals surface area (Å²) in [4.78, 5) is 63.9.